The van der Waals surface area contributed by atoms with Gasteiger partial charge in [0, 0.05) is 13.0 Å². The number of fused-ring (bicyclic) bond motifs is 1. The Morgan fingerprint density at radius 1 is 0.963 bits per heavy atom. The Morgan fingerprint density at radius 2 is 1.63 bits per heavy atom. The van der Waals surface area contributed by atoms with Crippen LogP contribution < -0.4 is 0 Å². The van der Waals surface area contributed by atoms with Gasteiger partial charge < -0.3 is 0 Å². The molecule has 2 aromatic carbocycles. The second-order valence-electron chi connectivity index (χ2n) is 6.10. The maximum Gasteiger partial charge on any atom is 0.261 e. The van der Waals surface area contributed by atoms with Crippen molar-refractivity contribution in [1.82, 2.24) is 25.1 Å². The molecule has 3 aromatic rings. The summed E-state index contributed by atoms with van der Waals surface area (Å²) in [4.78, 5) is 27.4. The Labute approximate surface area is 154 Å². The first-order valence-corrected chi connectivity index (χ1v) is 8.36. The zero-order valence-corrected chi connectivity index (χ0v) is 14.2. The van der Waals surface area contributed by atoms with E-state index in [4.69, 9.17) is 5.26 Å². The number of imide groups is 1. The van der Waals surface area contributed by atoms with Crippen LogP contribution in [0.4, 0.5) is 0 Å². The van der Waals surface area contributed by atoms with E-state index in [-0.39, 0.29) is 18.4 Å². The van der Waals surface area contributed by atoms with Crippen LogP contribution in [-0.2, 0) is 13.0 Å². The Morgan fingerprint density at radius 3 is 2.26 bits per heavy atom. The van der Waals surface area contributed by atoms with Crippen molar-refractivity contribution in [3.8, 4) is 6.07 Å². The fraction of sp³-hybridized carbons (Fsp3) is 0.158. The van der Waals surface area contributed by atoms with Crippen molar-refractivity contribution < 1.29 is 9.59 Å². The quantitative estimate of drug-likeness (QED) is 0.639. The van der Waals surface area contributed by atoms with Crippen LogP contribution in [0.2, 0.25) is 0 Å². The van der Waals surface area contributed by atoms with E-state index in [0.29, 0.717) is 35.5 Å². The highest BCUT2D eigenvalue weighted by molar-refractivity contribution is 6.21. The number of rotatable bonds is 5. The Bertz CT molecular complexity index is 1030. The molecule has 0 spiro atoms. The van der Waals surface area contributed by atoms with Crippen LogP contribution in [0, 0.1) is 11.3 Å². The van der Waals surface area contributed by atoms with Crippen molar-refractivity contribution in [2.45, 2.75) is 13.0 Å². The summed E-state index contributed by atoms with van der Waals surface area (Å²) in [6.45, 7) is 0.626. The van der Waals surface area contributed by atoms with Gasteiger partial charge in [0.05, 0.1) is 29.3 Å². The Hall–Kier alpha value is -3.86. The number of benzene rings is 2. The highest BCUT2D eigenvalue weighted by Crippen LogP contribution is 2.22. The molecule has 132 valence electrons. The molecule has 0 saturated heterocycles. The lowest BCUT2D eigenvalue weighted by atomic mass is 10.1. The highest BCUT2D eigenvalue weighted by Gasteiger charge is 2.34. The van der Waals surface area contributed by atoms with Gasteiger partial charge in [0.25, 0.3) is 11.8 Å². The monoisotopic (exact) mass is 358 g/mol. The Kier molecular flexibility index (Phi) is 4.18. The molecule has 4 rings (SSSR count). The first-order valence-electron chi connectivity index (χ1n) is 8.36. The van der Waals surface area contributed by atoms with Crippen LogP contribution in [0.25, 0.3) is 0 Å². The van der Waals surface area contributed by atoms with Crippen molar-refractivity contribution >= 4 is 11.8 Å². The molecule has 27 heavy (non-hydrogen) atoms. The minimum absolute atomic E-state index is 0.203. The van der Waals surface area contributed by atoms with Gasteiger partial charge in [-0.15, -0.1) is 10.2 Å². The molecule has 1 aliphatic heterocycles. The minimum Gasteiger partial charge on any atom is -0.274 e. The van der Waals surface area contributed by atoms with Gasteiger partial charge in [-0.25, -0.2) is 0 Å². The largest absolute Gasteiger partial charge is 0.274 e. The molecule has 0 saturated carbocycles. The fourth-order valence-electron chi connectivity index (χ4n) is 2.95. The average molecular weight is 358 g/mol. The van der Waals surface area contributed by atoms with E-state index < -0.39 is 0 Å². The molecule has 0 fully saturated rings. The van der Waals surface area contributed by atoms with E-state index in [1.165, 1.54) is 9.70 Å². The molecule has 1 aromatic heterocycles. The second kappa shape index (κ2) is 6.80. The highest BCUT2D eigenvalue weighted by atomic mass is 16.2. The molecule has 0 radical (unpaired) electrons. The maximum atomic E-state index is 12.3. The van der Waals surface area contributed by atoms with Gasteiger partial charge in [0.2, 0.25) is 0 Å². The molecule has 0 aliphatic carbocycles. The third-order valence-corrected chi connectivity index (χ3v) is 4.34. The maximum absolute atomic E-state index is 12.3. The molecule has 1 aliphatic rings. The number of carbonyl (C=O) groups is 2. The van der Waals surface area contributed by atoms with Gasteiger partial charge in [0.1, 0.15) is 0 Å². The lowest BCUT2D eigenvalue weighted by Crippen LogP contribution is -2.32. The van der Waals surface area contributed by atoms with Gasteiger partial charge in [-0.2, -0.15) is 10.1 Å². The van der Waals surface area contributed by atoms with Crippen LogP contribution in [0.1, 0.15) is 37.7 Å². The third kappa shape index (κ3) is 3.18. The summed E-state index contributed by atoms with van der Waals surface area (Å²) in [7, 11) is 0. The Balaban J connectivity index is 1.39. The normalized spacial score (nSPS) is 12.9. The number of tetrazole rings is 1. The van der Waals surface area contributed by atoms with E-state index in [9.17, 15) is 9.59 Å². The smallest absolute Gasteiger partial charge is 0.261 e. The van der Waals surface area contributed by atoms with Crippen LogP contribution in [-0.4, -0.2) is 43.5 Å². The van der Waals surface area contributed by atoms with Crippen molar-refractivity contribution in [1.29, 1.82) is 5.26 Å². The van der Waals surface area contributed by atoms with Gasteiger partial charge >= 0.3 is 0 Å². The van der Waals surface area contributed by atoms with Gasteiger partial charge in [-0.05, 0) is 35.0 Å². The molecular formula is C19H14N6O2. The van der Waals surface area contributed by atoms with E-state index in [0.717, 1.165) is 5.56 Å². The lowest BCUT2D eigenvalue weighted by Gasteiger charge is -2.11. The molecule has 2 heterocycles. The number of nitrogens with zero attached hydrogens (tertiary/aromatic N) is 6. The molecule has 0 atom stereocenters. The summed E-state index contributed by atoms with van der Waals surface area (Å²) < 4.78 is 0. The standard InChI is InChI=1S/C19H14N6O2/c20-11-13-5-7-14(8-6-13)12-25-22-17(21-23-25)9-10-24-18(26)15-3-1-2-4-16(15)19(24)27/h1-8H,9-10,12H2. The second-order valence-corrected chi connectivity index (χ2v) is 6.10. The van der Waals surface area contributed by atoms with E-state index in [2.05, 4.69) is 21.5 Å². The summed E-state index contributed by atoms with van der Waals surface area (Å²) in [5.41, 5.74) is 2.39. The first kappa shape index (κ1) is 16.6. The summed E-state index contributed by atoms with van der Waals surface area (Å²) >= 11 is 0. The molecule has 2 amide bonds. The van der Waals surface area contributed by atoms with Crippen LogP contribution in [0.3, 0.4) is 0 Å². The number of carbonyl (C=O) groups excluding carboxylic acids is 2. The summed E-state index contributed by atoms with van der Waals surface area (Å²) in [6.07, 6.45) is 0.332. The SMILES string of the molecule is N#Cc1ccc(Cn2nnc(CCN3C(=O)c4ccccc4C3=O)n2)cc1. The summed E-state index contributed by atoms with van der Waals surface area (Å²) in [5.74, 6) is -0.124. The van der Waals surface area contributed by atoms with Crippen LogP contribution in [0.15, 0.2) is 48.5 Å². The zero-order valence-electron chi connectivity index (χ0n) is 14.2. The molecule has 8 nitrogen and oxygen atoms in total. The minimum atomic E-state index is -0.291. The lowest BCUT2D eigenvalue weighted by molar-refractivity contribution is 0.0655. The van der Waals surface area contributed by atoms with Gasteiger partial charge in [-0.3, -0.25) is 14.5 Å². The molecule has 8 heteroatoms. The van der Waals surface area contributed by atoms with Crippen molar-refractivity contribution in [2.75, 3.05) is 6.54 Å². The molecule has 0 bridgehead atoms. The first-order chi connectivity index (χ1) is 13.2. The number of nitriles is 1. The van der Waals surface area contributed by atoms with E-state index in [1.807, 2.05) is 12.1 Å². The van der Waals surface area contributed by atoms with Gasteiger partial charge in [0.15, 0.2) is 5.82 Å². The number of hydrogen-bond donors (Lipinski definition) is 0. The summed E-state index contributed by atoms with van der Waals surface area (Å²) in [5, 5.41) is 21.1. The van der Waals surface area contributed by atoms with Crippen LogP contribution in [0.5, 0.6) is 0 Å². The topological polar surface area (TPSA) is 105 Å². The molecular weight excluding hydrogens is 344 g/mol. The number of hydrogen-bond acceptors (Lipinski definition) is 6. The van der Waals surface area contributed by atoms with Crippen molar-refractivity contribution in [3.05, 3.63) is 76.6 Å². The average Bonchev–Trinajstić information content (AvgIpc) is 3.24. The molecule has 0 N–H and O–H groups in total. The number of amides is 2. The van der Waals surface area contributed by atoms with Crippen molar-refractivity contribution in [2.24, 2.45) is 0 Å². The van der Waals surface area contributed by atoms with E-state index in [1.54, 1.807) is 36.4 Å². The summed E-state index contributed by atoms with van der Waals surface area (Å²) in [6, 6.07) is 16.0. The third-order valence-electron chi connectivity index (χ3n) is 4.34. The fourth-order valence-corrected chi connectivity index (χ4v) is 2.95. The predicted octanol–water partition coefficient (Wildman–Crippen LogP) is 1.43. The number of aromatic nitrogens is 4. The zero-order chi connectivity index (χ0) is 18.8. The predicted molar refractivity (Wildman–Crippen MR) is 93.6 cm³/mol. The van der Waals surface area contributed by atoms with Crippen LogP contribution >= 0.6 is 0 Å². The van der Waals surface area contributed by atoms with E-state index >= 15 is 0 Å². The molecule has 0 unspecified atom stereocenters. The van der Waals surface area contributed by atoms with Gasteiger partial charge in [-0.1, -0.05) is 24.3 Å². The van der Waals surface area contributed by atoms with Crippen molar-refractivity contribution in [3.63, 3.8) is 0 Å².